The lowest BCUT2D eigenvalue weighted by atomic mass is 10.1. The molecule has 0 aliphatic rings. The second-order valence-electron chi connectivity index (χ2n) is 3.77. The van der Waals surface area contributed by atoms with Crippen molar-refractivity contribution in [1.29, 1.82) is 0 Å². The number of anilines is 1. The summed E-state index contributed by atoms with van der Waals surface area (Å²) in [6.07, 6.45) is -4.49. The van der Waals surface area contributed by atoms with Gasteiger partial charge in [-0.1, -0.05) is 17.7 Å². The summed E-state index contributed by atoms with van der Waals surface area (Å²) in [6.45, 7) is 0. The van der Waals surface area contributed by atoms with E-state index in [0.717, 1.165) is 6.07 Å². The fourth-order valence-corrected chi connectivity index (χ4v) is 1.75. The van der Waals surface area contributed by atoms with E-state index in [1.807, 2.05) is 0 Å². The van der Waals surface area contributed by atoms with Crippen molar-refractivity contribution >= 4 is 17.4 Å². The van der Waals surface area contributed by atoms with Gasteiger partial charge in [-0.3, -0.25) is 4.68 Å². The van der Waals surface area contributed by atoms with Crippen molar-refractivity contribution in [2.24, 2.45) is 7.05 Å². The molecule has 18 heavy (non-hydrogen) atoms. The molecule has 3 nitrogen and oxygen atoms in total. The minimum atomic E-state index is -4.49. The number of hydrogen-bond acceptors (Lipinski definition) is 2. The summed E-state index contributed by atoms with van der Waals surface area (Å²) in [5, 5.41) is 3.68. The Balaban J connectivity index is 2.54. The number of hydrogen-bond donors (Lipinski definition) is 1. The van der Waals surface area contributed by atoms with Crippen molar-refractivity contribution in [1.82, 2.24) is 9.78 Å². The molecule has 0 spiro atoms. The van der Waals surface area contributed by atoms with Gasteiger partial charge >= 0.3 is 6.18 Å². The molecule has 2 aromatic rings. The molecule has 2 rings (SSSR count). The fourth-order valence-electron chi connectivity index (χ4n) is 1.52. The van der Waals surface area contributed by atoms with E-state index < -0.39 is 11.7 Å². The van der Waals surface area contributed by atoms with Crippen LogP contribution in [-0.2, 0) is 13.2 Å². The van der Waals surface area contributed by atoms with Crippen LogP contribution in [0.25, 0.3) is 11.3 Å². The largest absolute Gasteiger partial charge is 0.417 e. The molecule has 7 heteroatoms. The zero-order valence-corrected chi connectivity index (χ0v) is 10.0. The Hall–Kier alpha value is -1.69. The lowest BCUT2D eigenvalue weighted by Gasteiger charge is -2.09. The zero-order valence-electron chi connectivity index (χ0n) is 9.29. The predicted octanol–water partition coefficient (Wildman–Crippen LogP) is 3.34. The third-order valence-electron chi connectivity index (χ3n) is 2.48. The van der Waals surface area contributed by atoms with Crippen LogP contribution in [-0.4, -0.2) is 9.78 Å². The Labute approximate surface area is 106 Å². The second kappa shape index (κ2) is 4.20. The number of nitrogens with zero attached hydrogens (tertiary/aromatic N) is 2. The molecule has 0 aliphatic heterocycles. The van der Waals surface area contributed by atoms with E-state index in [1.165, 1.54) is 22.9 Å². The molecule has 0 atom stereocenters. The average molecular weight is 276 g/mol. The van der Waals surface area contributed by atoms with E-state index in [1.54, 1.807) is 7.05 Å². The van der Waals surface area contributed by atoms with Gasteiger partial charge in [0.1, 0.15) is 5.82 Å². The van der Waals surface area contributed by atoms with Crippen LogP contribution in [0.1, 0.15) is 5.56 Å². The maximum atomic E-state index is 12.7. The van der Waals surface area contributed by atoms with Crippen LogP contribution in [0.2, 0.25) is 5.02 Å². The predicted molar refractivity (Wildman–Crippen MR) is 63.1 cm³/mol. The topological polar surface area (TPSA) is 43.8 Å². The van der Waals surface area contributed by atoms with Crippen molar-refractivity contribution in [3.63, 3.8) is 0 Å². The number of nitrogens with two attached hydrogens (primary N) is 1. The Morgan fingerprint density at radius 2 is 1.94 bits per heavy atom. The van der Waals surface area contributed by atoms with Crippen molar-refractivity contribution < 1.29 is 13.2 Å². The quantitative estimate of drug-likeness (QED) is 0.867. The van der Waals surface area contributed by atoms with Crippen LogP contribution in [0.3, 0.4) is 0 Å². The van der Waals surface area contributed by atoms with Gasteiger partial charge in [-0.25, -0.2) is 0 Å². The van der Waals surface area contributed by atoms with Gasteiger partial charge in [-0.2, -0.15) is 18.3 Å². The molecule has 0 saturated carbocycles. The minimum absolute atomic E-state index is 0.319. The Morgan fingerprint density at radius 1 is 1.28 bits per heavy atom. The number of aryl methyl sites for hydroxylation is 1. The van der Waals surface area contributed by atoms with Crippen molar-refractivity contribution in [3.05, 3.63) is 34.9 Å². The summed E-state index contributed by atoms with van der Waals surface area (Å²) in [7, 11) is 1.61. The summed E-state index contributed by atoms with van der Waals surface area (Å²) in [5.74, 6) is 0.369. The van der Waals surface area contributed by atoms with Gasteiger partial charge < -0.3 is 5.73 Å². The number of halogens is 4. The molecule has 1 aromatic heterocycles. The molecule has 0 fully saturated rings. The van der Waals surface area contributed by atoms with E-state index in [2.05, 4.69) is 5.10 Å². The number of nitrogen functional groups attached to an aromatic ring is 1. The fraction of sp³-hybridized carbons (Fsp3) is 0.182. The molecule has 0 unspecified atom stereocenters. The van der Waals surface area contributed by atoms with Gasteiger partial charge in [0.05, 0.1) is 16.3 Å². The van der Waals surface area contributed by atoms with E-state index >= 15 is 0 Å². The van der Waals surface area contributed by atoms with Crippen LogP contribution in [0.5, 0.6) is 0 Å². The number of benzene rings is 1. The summed E-state index contributed by atoms with van der Waals surface area (Å²) in [5.41, 5.74) is 5.39. The summed E-state index contributed by atoms with van der Waals surface area (Å²) >= 11 is 5.53. The van der Waals surface area contributed by atoms with Gasteiger partial charge in [0.15, 0.2) is 0 Å². The van der Waals surface area contributed by atoms with Gasteiger partial charge in [-0.15, -0.1) is 0 Å². The van der Waals surface area contributed by atoms with Crippen molar-refractivity contribution in [3.8, 4) is 11.3 Å². The van der Waals surface area contributed by atoms with Crippen LogP contribution in [0.4, 0.5) is 19.0 Å². The molecular weight excluding hydrogens is 267 g/mol. The first kappa shape index (κ1) is 12.8. The van der Waals surface area contributed by atoms with Crippen molar-refractivity contribution in [2.75, 3.05) is 5.73 Å². The Morgan fingerprint density at radius 3 is 2.44 bits per heavy atom. The number of aromatic nitrogens is 2. The normalized spacial score (nSPS) is 11.8. The molecule has 0 aliphatic carbocycles. The summed E-state index contributed by atoms with van der Waals surface area (Å²) in [4.78, 5) is 0. The van der Waals surface area contributed by atoms with Gasteiger partial charge in [-0.05, 0) is 12.1 Å². The third kappa shape index (κ3) is 2.28. The first-order chi connectivity index (χ1) is 8.29. The Bertz CT molecular complexity index is 570. The van der Waals surface area contributed by atoms with E-state index in [9.17, 15) is 13.2 Å². The number of alkyl halides is 3. The lowest BCUT2D eigenvalue weighted by molar-refractivity contribution is -0.137. The number of rotatable bonds is 1. The highest BCUT2D eigenvalue weighted by Crippen LogP contribution is 2.37. The molecular formula is C11H9ClF3N3. The molecule has 0 bridgehead atoms. The molecule has 0 saturated heterocycles. The lowest BCUT2D eigenvalue weighted by Crippen LogP contribution is -2.06. The first-order valence-corrected chi connectivity index (χ1v) is 5.33. The molecule has 96 valence electrons. The first-order valence-electron chi connectivity index (χ1n) is 4.95. The highest BCUT2D eigenvalue weighted by Gasteiger charge is 2.33. The van der Waals surface area contributed by atoms with E-state index in [0.29, 0.717) is 17.1 Å². The van der Waals surface area contributed by atoms with Gasteiger partial charge in [0, 0.05) is 18.7 Å². The SMILES string of the molecule is Cn1nc(-c2ccc(Cl)c(C(F)(F)F)c2)cc1N. The van der Waals surface area contributed by atoms with Crippen LogP contribution in [0.15, 0.2) is 24.3 Å². The average Bonchev–Trinajstić information content (AvgIpc) is 2.58. The van der Waals surface area contributed by atoms with Gasteiger partial charge in [0.25, 0.3) is 0 Å². The van der Waals surface area contributed by atoms with Crippen LogP contribution in [0, 0.1) is 0 Å². The van der Waals surface area contributed by atoms with E-state index in [-0.39, 0.29) is 5.02 Å². The van der Waals surface area contributed by atoms with E-state index in [4.69, 9.17) is 17.3 Å². The van der Waals surface area contributed by atoms with Crippen molar-refractivity contribution in [2.45, 2.75) is 6.18 Å². The monoisotopic (exact) mass is 275 g/mol. The second-order valence-corrected chi connectivity index (χ2v) is 4.18. The standard InChI is InChI=1S/C11H9ClF3N3/c1-18-10(16)5-9(17-18)6-2-3-8(12)7(4-6)11(13,14)15/h2-5H,16H2,1H3. The van der Waals surface area contributed by atoms with Crippen LogP contribution < -0.4 is 5.73 Å². The summed E-state index contributed by atoms with van der Waals surface area (Å²) < 4.78 is 39.5. The third-order valence-corrected chi connectivity index (χ3v) is 2.81. The van der Waals surface area contributed by atoms with Gasteiger partial charge in [0.2, 0.25) is 0 Å². The van der Waals surface area contributed by atoms with Crippen LogP contribution >= 0.6 is 11.6 Å². The highest BCUT2D eigenvalue weighted by atomic mass is 35.5. The maximum absolute atomic E-state index is 12.7. The molecule has 1 aromatic carbocycles. The molecule has 2 N–H and O–H groups in total. The molecule has 0 amide bonds. The Kier molecular flexibility index (Phi) is 2.98. The summed E-state index contributed by atoms with van der Waals surface area (Å²) in [6, 6.07) is 5.14. The maximum Gasteiger partial charge on any atom is 0.417 e. The molecule has 1 heterocycles. The molecule has 0 radical (unpaired) electrons. The highest BCUT2D eigenvalue weighted by molar-refractivity contribution is 6.31. The smallest absolute Gasteiger partial charge is 0.384 e. The zero-order chi connectivity index (χ0) is 13.5. The minimum Gasteiger partial charge on any atom is -0.384 e.